The summed E-state index contributed by atoms with van der Waals surface area (Å²) in [5, 5.41) is 18.1. The van der Waals surface area contributed by atoms with E-state index in [1.807, 2.05) is 38.4 Å². The topological polar surface area (TPSA) is 112 Å². The highest BCUT2D eigenvalue weighted by atomic mass is 79.9. The van der Waals surface area contributed by atoms with Gasteiger partial charge in [-0.2, -0.15) is 0 Å². The maximum absolute atomic E-state index is 11.5. The van der Waals surface area contributed by atoms with Crippen LogP contribution in [0.4, 0.5) is 11.6 Å². The Balaban J connectivity index is 1.69. The number of aliphatic hydroxyl groups excluding tert-OH is 1. The van der Waals surface area contributed by atoms with Crippen molar-refractivity contribution in [3.63, 3.8) is 0 Å². The van der Waals surface area contributed by atoms with Gasteiger partial charge in [0.15, 0.2) is 0 Å². The molecule has 0 saturated heterocycles. The average Bonchev–Trinajstić information content (AvgIpc) is 2.87. The van der Waals surface area contributed by atoms with Crippen molar-refractivity contribution >= 4 is 33.5 Å². The minimum absolute atomic E-state index is 0.128. The van der Waals surface area contributed by atoms with Crippen molar-refractivity contribution in [3.8, 4) is 17.0 Å². The number of nitrogens with zero attached hydrogens (tertiary/aromatic N) is 3. The van der Waals surface area contributed by atoms with Gasteiger partial charge in [-0.25, -0.2) is 9.97 Å². The number of rotatable bonds is 14. The summed E-state index contributed by atoms with van der Waals surface area (Å²) in [5.41, 5.74) is 4.87. The molecule has 37 heavy (non-hydrogen) atoms. The second kappa shape index (κ2) is 14.6. The monoisotopic (exact) mass is 570 g/mol. The lowest BCUT2D eigenvalue weighted by molar-refractivity contribution is -0.121. The fourth-order valence-corrected chi connectivity index (χ4v) is 4.48. The first kappa shape index (κ1) is 28.5. The summed E-state index contributed by atoms with van der Waals surface area (Å²) in [6, 6.07) is 14.1. The van der Waals surface area contributed by atoms with E-state index in [9.17, 15) is 4.79 Å². The maximum Gasteiger partial charge on any atom is 0.227 e. The number of anilines is 2. The van der Waals surface area contributed by atoms with E-state index in [0.717, 1.165) is 57.8 Å². The van der Waals surface area contributed by atoms with Crippen LogP contribution in [0, 0.1) is 0 Å². The van der Waals surface area contributed by atoms with Gasteiger partial charge in [-0.05, 0) is 75.1 Å². The van der Waals surface area contributed by atoms with Crippen LogP contribution < -0.4 is 20.7 Å². The molecule has 0 aliphatic rings. The zero-order chi connectivity index (χ0) is 26.6. The number of ether oxygens (including phenoxy) is 1. The van der Waals surface area contributed by atoms with Gasteiger partial charge in [-0.1, -0.05) is 15.9 Å². The van der Waals surface area contributed by atoms with Gasteiger partial charge in [0.05, 0.1) is 19.4 Å². The van der Waals surface area contributed by atoms with E-state index in [0.29, 0.717) is 19.0 Å². The summed E-state index contributed by atoms with van der Waals surface area (Å²) in [6.45, 7) is 2.69. The van der Waals surface area contributed by atoms with Crippen molar-refractivity contribution in [2.75, 3.05) is 46.2 Å². The van der Waals surface area contributed by atoms with Gasteiger partial charge < -0.3 is 30.7 Å². The highest BCUT2D eigenvalue weighted by molar-refractivity contribution is 9.10. The Hall–Kier alpha value is -3.05. The van der Waals surface area contributed by atoms with Crippen LogP contribution in [0.1, 0.15) is 24.0 Å². The van der Waals surface area contributed by atoms with Crippen molar-refractivity contribution in [2.24, 2.45) is 0 Å². The number of nitrogens with one attached hydrogen (secondary N) is 3. The fourth-order valence-electron chi connectivity index (χ4n) is 3.94. The number of amides is 1. The Labute approximate surface area is 226 Å². The second-order valence-electron chi connectivity index (χ2n) is 8.71. The molecule has 3 aromatic rings. The fraction of sp³-hybridized carbons (Fsp3) is 0.370. The average molecular weight is 572 g/mol. The number of methoxy groups -OCH3 is 1. The largest absolute Gasteiger partial charge is 0.496 e. The second-order valence-corrected chi connectivity index (χ2v) is 9.63. The summed E-state index contributed by atoms with van der Waals surface area (Å²) in [6.07, 6.45) is 2.70. The van der Waals surface area contributed by atoms with Crippen LogP contribution in [0.2, 0.25) is 0 Å². The minimum Gasteiger partial charge on any atom is -0.496 e. The zero-order valence-corrected chi connectivity index (χ0v) is 23.1. The van der Waals surface area contributed by atoms with Gasteiger partial charge in [-0.15, -0.1) is 0 Å². The van der Waals surface area contributed by atoms with Crippen molar-refractivity contribution in [1.82, 2.24) is 25.5 Å². The molecule has 2 aromatic carbocycles. The first-order chi connectivity index (χ1) is 17.9. The quantitative estimate of drug-likeness (QED) is 0.217. The van der Waals surface area contributed by atoms with Crippen molar-refractivity contribution < 1.29 is 14.6 Å². The molecule has 0 aliphatic carbocycles. The highest BCUT2D eigenvalue weighted by Crippen LogP contribution is 2.28. The molecule has 3 rings (SSSR count). The van der Waals surface area contributed by atoms with Crippen molar-refractivity contribution in [1.29, 1.82) is 0 Å². The molecule has 4 N–H and O–H groups in total. The van der Waals surface area contributed by atoms with E-state index in [4.69, 9.17) is 14.8 Å². The molecule has 0 saturated carbocycles. The Morgan fingerprint density at radius 3 is 2.78 bits per heavy atom. The van der Waals surface area contributed by atoms with Crippen LogP contribution in [0.15, 0.2) is 53.1 Å². The summed E-state index contributed by atoms with van der Waals surface area (Å²) in [7, 11) is 5.62. The van der Waals surface area contributed by atoms with Crippen molar-refractivity contribution in [3.05, 3.63) is 64.3 Å². The minimum atomic E-state index is -0.132. The Bertz CT molecular complexity index is 1180. The summed E-state index contributed by atoms with van der Waals surface area (Å²) < 4.78 is 6.59. The van der Waals surface area contributed by atoms with Crippen molar-refractivity contribution in [2.45, 2.75) is 25.9 Å². The van der Waals surface area contributed by atoms with Crippen LogP contribution >= 0.6 is 15.9 Å². The smallest absolute Gasteiger partial charge is 0.227 e. The molecule has 0 bridgehead atoms. The van der Waals surface area contributed by atoms with Gasteiger partial charge >= 0.3 is 0 Å². The third kappa shape index (κ3) is 9.08. The molecule has 198 valence electrons. The predicted molar refractivity (Wildman–Crippen MR) is 150 cm³/mol. The Morgan fingerprint density at radius 1 is 1.19 bits per heavy atom. The summed E-state index contributed by atoms with van der Waals surface area (Å²) in [4.78, 5) is 22.8. The molecule has 9 nitrogen and oxygen atoms in total. The molecule has 1 heterocycles. The van der Waals surface area contributed by atoms with Crippen LogP contribution in [-0.2, 0) is 17.9 Å². The van der Waals surface area contributed by atoms with E-state index < -0.39 is 0 Å². The van der Waals surface area contributed by atoms with E-state index in [1.165, 1.54) is 0 Å². The molecular weight excluding hydrogens is 536 g/mol. The predicted octanol–water partition coefficient (Wildman–Crippen LogP) is 3.70. The molecule has 0 spiro atoms. The highest BCUT2D eigenvalue weighted by Gasteiger charge is 2.11. The molecule has 1 amide bonds. The lowest BCUT2D eigenvalue weighted by Crippen LogP contribution is -2.28. The van der Waals surface area contributed by atoms with E-state index in [2.05, 4.69) is 60.0 Å². The SMILES string of the molecule is CNCc1cc(Br)cc(Nc2nccc(-c3ccc(OC)c(CN(C)CCCNC(=O)CCO)c3)n2)c1. The maximum atomic E-state index is 11.5. The summed E-state index contributed by atoms with van der Waals surface area (Å²) >= 11 is 3.57. The lowest BCUT2D eigenvalue weighted by atomic mass is 10.1. The molecular formula is C27H35BrN6O3. The molecule has 0 atom stereocenters. The number of aliphatic hydroxyl groups is 1. The van der Waals surface area contributed by atoms with Gasteiger partial charge in [0.25, 0.3) is 0 Å². The van der Waals surface area contributed by atoms with Gasteiger partial charge in [-0.3, -0.25) is 4.79 Å². The Morgan fingerprint density at radius 2 is 2.03 bits per heavy atom. The number of benzene rings is 2. The zero-order valence-electron chi connectivity index (χ0n) is 21.6. The number of hydrogen-bond acceptors (Lipinski definition) is 8. The number of carbonyl (C=O) groups excluding carboxylic acids is 1. The summed E-state index contributed by atoms with van der Waals surface area (Å²) in [5.74, 6) is 1.20. The molecule has 10 heteroatoms. The number of hydrogen-bond donors (Lipinski definition) is 4. The number of aromatic nitrogens is 2. The van der Waals surface area contributed by atoms with Crippen LogP contribution in [0.5, 0.6) is 5.75 Å². The molecule has 0 aliphatic heterocycles. The molecule has 0 unspecified atom stereocenters. The van der Waals surface area contributed by atoms with Gasteiger partial charge in [0.1, 0.15) is 5.75 Å². The number of carbonyl (C=O) groups is 1. The normalized spacial score (nSPS) is 11.0. The molecule has 0 radical (unpaired) electrons. The van der Waals surface area contributed by atoms with E-state index in [1.54, 1.807) is 13.3 Å². The first-order valence-corrected chi connectivity index (χ1v) is 13.0. The van der Waals surface area contributed by atoms with Gasteiger partial charge in [0.2, 0.25) is 11.9 Å². The first-order valence-electron chi connectivity index (χ1n) is 12.2. The number of halogens is 1. The van der Waals surface area contributed by atoms with Crippen LogP contribution in [0.3, 0.4) is 0 Å². The van der Waals surface area contributed by atoms with Crippen LogP contribution in [-0.4, -0.2) is 66.8 Å². The third-order valence-electron chi connectivity index (χ3n) is 5.64. The van der Waals surface area contributed by atoms with Gasteiger partial charge in [0, 0.05) is 53.5 Å². The molecule has 1 aromatic heterocycles. The van der Waals surface area contributed by atoms with E-state index >= 15 is 0 Å². The third-order valence-corrected chi connectivity index (χ3v) is 6.10. The molecule has 0 fully saturated rings. The van der Waals surface area contributed by atoms with Crippen LogP contribution in [0.25, 0.3) is 11.3 Å². The van der Waals surface area contributed by atoms with E-state index in [-0.39, 0.29) is 18.9 Å². The Kier molecular flexibility index (Phi) is 11.3. The lowest BCUT2D eigenvalue weighted by Gasteiger charge is -2.19. The standard InChI is InChI=1S/C27H35BrN6O3/c1-29-17-19-13-22(28)16-23(14-19)32-27-31-10-7-24(33-27)20-5-6-25(37-3)21(15-20)18-34(2)11-4-9-30-26(36)8-12-35/h5-7,10,13-16,29,35H,4,8-9,11-12,17-18H2,1-3H3,(H,30,36)(H,31,32,33).